The summed E-state index contributed by atoms with van der Waals surface area (Å²) in [6.07, 6.45) is 2.15. The summed E-state index contributed by atoms with van der Waals surface area (Å²) < 4.78 is 6.87. The standard InChI is InChI=1S/C47H30N6/c1-5-15-31(16-6-1)45-48-46(32-17-7-2-8-18-32)50-47(49-45)53-43-28-38-36-23-13-14-24-40(36)52(35-21-11-4-12-22-35)42(38)29-39(43)37-27-33-25-26-51(41(33)30-44(37)53)34-19-9-3-10-20-34/h1-30H. The Labute approximate surface area is 304 Å². The molecule has 0 radical (unpaired) electrons. The van der Waals surface area contributed by atoms with Crippen molar-refractivity contribution in [2.45, 2.75) is 0 Å². The van der Waals surface area contributed by atoms with Crippen LogP contribution in [-0.4, -0.2) is 28.7 Å². The molecule has 0 aliphatic rings. The molecule has 11 aromatic rings. The number of aromatic nitrogens is 6. The Morgan fingerprint density at radius 3 is 1.51 bits per heavy atom. The minimum Gasteiger partial charge on any atom is -0.316 e. The highest BCUT2D eigenvalue weighted by molar-refractivity contribution is 6.20. The summed E-state index contributed by atoms with van der Waals surface area (Å²) in [5.74, 6) is 1.82. The fourth-order valence-electron chi connectivity index (χ4n) is 7.89. The molecule has 0 aliphatic heterocycles. The summed E-state index contributed by atoms with van der Waals surface area (Å²) >= 11 is 0. The molecule has 4 heterocycles. The van der Waals surface area contributed by atoms with E-state index < -0.39 is 0 Å². The van der Waals surface area contributed by atoms with Gasteiger partial charge in [-0.2, -0.15) is 9.97 Å². The molecule has 6 nitrogen and oxygen atoms in total. The Hall–Kier alpha value is -7.31. The summed E-state index contributed by atoms with van der Waals surface area (Å²) in [5, 5.41) is 5.78. The molecule has 0 saturated carbocycles. The summed E-state index contributed by atoms with van der Waals surface area (Å²) in [7, 11) is 0. The highest BCUT2D eigenvalue weighted by Crippen LogP contribution is 2.41. The Balaban J connectivity index is 1.29. The Kier molecular flexibility index (Phi) is 6.45. The minimum absolute atomic E-state index is 0.570. The van der Waals surface area contributed by atoms with Crippen LogP contribution in [0.3, 0.4) is 0 Å². The molecule has 0 N–H and O–H groups in total. The Bertz CT molecular complexity index is 3080. The van der Waals surface area contributed by atoms with Crippen LogP contribution in [0, 0.1) is 0 Å². The zero-order valence-corrected chi connectivity index (χ0v) is 28.5. The first-order chi connectivity index (χ1) is 26.3. The van der Waals surface area contributed by atoms with Crippen LogP contribution in [0.4, 0.5) is 0 Å². The molecule has 0 atom stereocenters. The summed E-state index contributed by atoms with van der Waals surface area (Å²) in [5.41, 5.74) is 9.58. The number of benzene rings is 7. The lowest BCUT2D eigenvalue weighted by molar-refractivity contribution is 0.954. The average molecular weight is 679 g/mol. The number of hydrogen-bond donors (Lipinski definition) is 0. The number of rotatable bonds is 5. The fourth-order valence-corrected chi connectivity index (χ4v) is 7.89. The topological polar surface area (TPSA) is 53.5 Å². The van der Waals surface area contributed by atoms with Gasteiger partial charge in [0, 0.05) is 55.6 Å². The number of nitrogens with zero attached hydrogens (tertiary/aromatic N) is 6. The smallest absolute Gasteiger partial charge is 0.238 e. The Morgan fingerprint density at radius 1 is 0.340 bits per heavy atom. The highest BCUT2D eigenvalue weighted by atomic mass is 15.2. The van der Waals surface area contributed by atoms with Gasteiger partial charge in [0.15, 0.2) is 11.6 Å². The molecule has 0 spiro atoms. The maximum Gasteiger partial charge on any atom is 0.238 e. The molecule has 7 aromatic carbocycles. The first-order valence-electron chi connectivity index (χ1n) is 17.8. The van der Waals surface area contributed by atoms with E-state index in [0.29, 0.717) is 17.6 Å². The van der Waals surface area contributed by atoms with E-state index in [0.717, 1.165) is 66.2 Å². The van der Waals surface area contributed by atoms with E-state index in [2.05, 4.69) is 159 Å². The third-order valence-electron chi connectivity index (χ3n) is 10.3. The summed E-state index contributed by atoms with van der Waals surface area (Å²) in [6, 6.07) is 61.6. The van der Waals surface area contributed by atoms with E-state index in [1.807, 2.05) is 36.4 Å². The van der Waals surface area contributed by atoms with Crippen LogP contribution in [0.1, 0.15) is 0 Å². The van der Waals surface area contributed by atoms with E-state index in [9.17, 15) is 0 Å². The van der Waals surface area contributed by atoms with Crippen LogP contribution in [0.5, 0.6) is 0 Å². The number of fused-ring (bicyclic) bond motifs is 7. The number of para-hydroxylation sites is 3. The second-order valence-corrected chi connectivity index (χ2v) is 13.4. The van der Waals surface area contributed by atoms with E-state index in [4.69, 9.17) is 15.0 Å². The molecule has 0 aliphatic carbocycles. The van der Waals surface area contributed by atoms with Crippen LogP contribution in [0.25, 0.3) is 94.6 Å². The highest BCUT2D eigenvalue weighted by Gasteiger charge is 2.22. The van der Waals surface area contributed by atoms with E-state index in [-0.39, 0.29) is 0 Å². The van der Waals surface area contributed by atoms with Crippen LogP contribution in [0.15, 0.2) is 182 Å². The van der Waals surface area contributed by atoms with Crippen molar-refractivity contribution < 1.29 is 0 Å². The van der Waals surface area contributed by atoms with Gasteiger partial charge in [-0.25, -0.2) is 4.98 Å². The zero-order chi connectivity index (χ0) is 34.9. The van der Waals surface area contributed by atoms with Crippen molar-refractivity contribution in [1.82, 2.24) is 28.7 Å². The van der Waals surface area contributed by atoms with Gasteiger partial charge in [0.2, 0.25) is 5.95 Å². The lowest BCUT2D eigenvalue weighted by Crippen LogP contribution is -2.06. The Morgan fingerprint density at radius 2 is 0.849 bits per heavy atom. The van der Waals surface area contributed by atoms with Gasteiger partial charge >= 0.3 is 0 Å². The van der Waals surface area contributed by atoms with Crippen LogP contribution >= 0.6 is 0 Å². The summed E-state index contributed by atoms with van der Waals surface area (Å²) in [4.78, 5) is 15.5. The minimum atomic E-state index is 0.570. The van der Waals surface area contributed by atoms with Gasteiger partial charge in [-0.1, -0.05) is 115 Å². The lowest BCUT2D eigenvalue weighted by atomic mass is 10.1. The second-order valence-electron chi connectivity index (χ2n) is 13.4. The van der Waals surface area contributed by atoms with Crippen LogP contribution < -0.4 is 0 Å². The summed E-state index contributed by atoms with van der Waals surface area (Å²) in [6.45, 7) is 0. The van der Waals surface area contributed by atoms with Crippen LogP contribution in [-0.2, 0) is 0 Å². The van der Waals surface area contributed by atoms with Crippen molar-refractivity contribution in [2.75, 3.05) is 0 Å². The van der Waals surface area contributed by atoms with Gasteiger partial charge < -0.3 is 9.13 Å². The molecule has 4 aromatic heterocycles. The zero-order valence-electron chi connectivity index (χ0n) is 28.5. The monoisotopic (exact) mass is 678 g/mol. The van der Waals surface area contributed by atoms with Gasteiger partial charge in [0.25, 0.3) is 0 Å². The quantitative estimate of drug-likeness (QED) is 0.182. The predicted molar refractivity (Wildman–Crippen MR) is 216 cm³/mol. The van der Waals surface area contributed by atoms with Gasteiger partial charge in [0.05, 0.1) is 27.6 Å². The van der Waals surface area contributed by atoms with Gasteiger partial charge in [-0.3, -0.25) is 4.57 Å². The molecule has 0 saturated heterocycles. The van der Waals surface area contributed by atoms with Gasteiger partial charge in [0.1, 0.15) is 0 Å². The van der Waals surface area contributed by atoms with E-state index >= 15 is 0 Å². The SMILES string of the molecule is c1ccc(-c2nc(-c3ccccc3)nc(-n3c4cc5c6ccccc6n(-c6ccccc6)c5cc4c4cc5ccn(-c6ccccc6)c5cc43)n2)cc1. The van der Waals surface area contributed by atoms with Crippen molar-refractivity contribution in [3.8, 4) is 40.1 Å². The second kappa shape index (κ2) is 11.6. The fraction of sp³-hybridized carbons (Fsp3) is 0. The first-order valence-corrected chi connectivity index (χ1v) is 17.8. The molecule has 0 unspecified atom stereocenters. The largest absolute Gasteiger partial charge is 0.316 e. The third-order valence-corrected chi connectivity index (χ3v) is 10.3. The molecule has 248 valence electrons. The lowest BCUT2D eigenvalue weighted by Gasteiger charge is -2.11. The van der Waals surface area contributed by atoms with Crippen molar-refractivity contribution in [1.29, 1.82) is 0 Å². The average Bonchev–Trinajstić information content (AvgIpc) is 3.89. The molecule has 53 heavy (non-hydrogen) atoms. The van der Waals surface area contributed by atoms with Gasteiger partial charge in [-0.05, 0) is 60.7 Å². The first kappa shape index (κ1) is 29.4. The van der Waals surface area contributed by atoms with E-state index in [1.54, 1.807) is 0 Å². The molecule has 0 fully saturated rings. The molecule has 0 bridgehead atoms. The van der Waals surface area contributed by atoms with Gasteiger partial charge in [-0.15, -0.1) is 0 Å². The molecular formula is C47H30N6. The molecule has 6 heteroatoms. The maximum absolute atomic E-state index is 5.24. The normalized spacial score (nSPS) is 11.8. The third kappa shape index (κ3) is 4.63. The molecule has 0 amide bonds. The maximum atomic E-state index is 5.24. The van der Waals surface area contributed by atoms with Crippen molar-refractivity contribution in [3.05, 3.63) is 182 Å². The molecular weight excluding hydrogens is 649 g/mol. The van der Waals surface area contributed by atoms with E-state index in [1.165, 1.54) is 10.8 Å². The predicted octanol–water partition coefficient (Wildman–Crippen LogP) is 11.3. The van der Waals surface area contributed by atoms with Crippen molar-refractivity contribution in [3.63, 3.8) is 0 Å². The van der Waals surface area contributed by atoms with Crippen LogP contribution in [0.2, 0.25) is 0 Å². The van der Waals surface area contributed by atoms with Crippen molar-refractivity contribution in [2.24, 2.45) is 0 Å². The van der Waals surface area contributed by atoms with Crippen molar-refractivity contribution >= 4 is 54.5 Å². The molecule has 11 rings (SSSR count). The number of hydrogen-bond acceptors (Lipinski definition) is 3.